The molecule has 0 atom stereocenters. The van der Waals surface area contributed by atoms with E-state index in [2.05, 4.69) is 183 Å². The quantitative estimate of drug-likeness (QED) is 0.105. The van der Waals surface area contributed by atoms with Gasteiger partial charge in [-0.3, -0.25) is 0 Å². The van der Waals surface area contributed by atoms with E-state index < -0.39 is 8.07 Å². The first kappa shape index (κ1) is 27.8. The van der Waals surface area contributed by atoms with Gasteiger partial charge in [0.15, 0.2) is 0 Å². The van der Waals surface area contributed by atoms with E-state index in [-0.39, 0.29) is 0 Å². The third kappa shape index (κ3) is 4.35. The minimum absolute atomic E-state index is 1.26. The minimum atomic E-state index is -2.05. The van der Waals surface area contributed by atoms with E-state index in [0.29, 0.717) is 0 Å². The number of benzene rings is 9. The van der Waals surface area contributed by atoms with Crippen molar-refractivity contribution in [3.8, 4) is 22.3 Å². The molecule has 0 saturated heterocycles. The molecule has 47 heavy (non-hydrogen) atoms. The van der Waals surface area contributed by atoms with Crippen LogP contribution in [0.4, 0.5) is 0 Å². The summed E-state index contributed by atoms with van der Waals surface area (Å²) in [4.78, 5) is 0. The van der Waals surface area contributed by atoms with Gasteiger partial charge in [-0.1, -0.05) is 188 Å². The molecule has 0 fully saturated rings. The van der Waals surface area contributed by atoms with Gasteiger partial charge in [-0.05, 0) is 81.3 Å². The molecular formula is C46H34Si. The molecule has 0 spiro atoms. The number of hydrogen-bond acceptors (Lipinski definition) is 0. The topological polar surface area (TPSA) is 0 Å². The Hall–Kier alpha value is -5.50. The van der Waals surface area contributed by atoms with Crippen LogP contribution in [-0.4, -0.2) is 8.07 Å². The molecule has 0 saturated carbocycles. The van der Waals surface area contributed by atoms with E-state index in [1.165, 1.54) is 86.5 Å². The molecule has 0 nitrogen and oxygen atoms in total. The molecule has 0 radical (unpaired) electrons. The predicted molar refractivity (Wildman–Crippen MR) is 208 cm³/mol. The lowest BCUT2D eigenvalue weighted by Crippen LogP contribution is -2.53. The Labute approximate surface area is 276 Å². The Morgan fingerprint density at radius 3 is 1.38 bits per heavy atom. The summed E-state index contributed by atoms with van der Waals surface area (Å²) in [7, 11) is -2.05. The summed E-state index contributed by atoms with van der Waals surface area (Å²) in [6.07, 6.45) is 0. The van der Waals surface area contributed by atoms with Crippen molar-refractivity contribution in [3.05, 3.63) is 170 Å². The summed E-state index contributed by atoms with van der Waals surface area (Å²) in [5, 5.41) is 16.1. The molecule has 9 rings (SSSR count). The summed E-state index contributed by atoms with van der Waals surface area (Å²) in [5.41, 5.74) is 5.14. The number of hydrogen-bond donors (Lipinski definition) is 0. The van der Waals surface area contributed by atoms with Gasteiger partial charge < -0.3 is 0 Å². The summed E-state index contributed by atoms with van der Waals surface area (Å²) < 4.78 is 0. The molecule has 0 heterocycles. The second kappa shape index (κ2) is 10.8. The van der Waals surface area contributed by atoms with Crippen molar-refractivity contribution in [3.63, 3.8) is 0 Å². The monoisotopic (exact) mass is 614 g/mol. The van der Waals surface area contributed by atoms with E-state index in [9.17, 15) is 0 Å². The average Bonchev–Trinajstić information content (AvgIpc) is 3.13. The standard InChI is InChI=1S/C46H34Si/c1-47(2,44-22-12-21-36-38-28-25-31-13-6-7-16-35(31)37(38)29-30-39(36)44)34-26-23-33(24-27-34)46-42-19-10-8-17-40(42)45(32-14-4-3-5-15-32)41-18-9-11-20-43(41)46/h3-30H,1-2H3. The second-order valence-electron chi connectivity index (χ2n) is 13.3. The molecule has 0 N–H and O–H groups in total. The van der Waals surface area contributed by atoms with Crippen molar-refractivity contribution in [1.29, 1.82) is 0 Å². The van der Waals surface area contributed by atoms with Crippen LogP contribution < -0.4 is 10.4 Å². The Balaban J connectivity index is 1.19. The normalized spacial score (nSPS) is 12.0. The summed E-state index contributed by atoms with van der Waals surface area (Å²) in [6.45, 7) is 5.00. The zero-order valence-electron chi connectivity index (χ0n) is 26.7. The molecule has 0 aliphatic carbocycles. The number of fused-ring (bicyclic) bond motifs is 7. The van der Waals surface area contributed by atoms with Crippen molar-refractivity contribution in [1.82, 2.24) is 0 Å². The largest absolute Gasteiger partial charge is 0.113 e. The van der Waals surface area contributed by atoms with E-state index in [0.717, 1.165) is 0 Å². The predicted octanol–water partition coefficient (Wildman–Crippen LogP) is 11.6. The van der Waals surface area contributed by atoms with Crippen LogP contribution in [0, 0.1) is 0 Å². The van der Waals surface area contributed by atoms with Gasteiger partial charge in [-0.2, -0.15) is 0 Å². The first-order chi connectivity index (χ1) is 23.1. The van der Waals surface area contributed by atoms with Crippen LogP contribution in [0.5, 0.6) is 0 Å². The van der Waals surface area contributed by atoms with Gasteiger partial charge in [0.05, 0.1) is 0 Å². The maximum absolute atomic E-state index is 2.50. The van der Waals surface area contributed by atoms with Gasteiger partial charge in [-0.25, -0.2) is 0 Å². The van der Waals surface area contributed by atoms with Crippen LogP contribution in [0.15, 0.2) is 170 Å². The highest BCUT2D eigenvalue weighted by molar-refractivity contribution is 7.01. The van der Waals surface area contributed by atoms with Crippen molar-refractivity contribution in [2.75, 3.05) is 0 Å². The molecule has 0 amide bonds. The maximum Gasteiger partial charge on any atom is 0.113 e. The van der Waals surface area contributed by atoms with Crippen LogP contribution in [0.1, 0.15) is 0 Å². The SMILES string of the molecule is C[Si](C)(c1ccc(-c2c3ccccc3c(-c3ccccc3)c3ccccc23)cc1)c1cccc2c1ccc1c3ccccc3ccc21. The second-order valence-corrected chi connectivity index (χ2v) is 17.6. The smallest absolute Gasteiger partial charge is 0.0622 e. The Morgan fingerprint density at radius 1 is 0.298 bits per heavy atom. The molecule has 0 unspecified atom stereocenters. The van der Waals surface area contributed by atoms with Gasteiger partial charge in [0, 0.05) is 0 Å². The summed E-state index contributed by atoms with van der Waals surface area (Å²) in [6, 6.07) is 63.2. The molecule has 0 aliphatic rings. The Kier molecular flexibility index (Phi) is 6.38. The molecule has 222 valence electrons. The van der Waals surface area contributed by atoms with Crippen molar-refractivity contribution < 1.29 is 0 Å². The Morgan fingerprint density at radius 2 is 0.745 bits per heavy atom. The highest BCUT2D eigenvalue weighted by atomic mass is 28.3. The molecule has 9 aromatic rings. The number of rotatable bonds is 4. The average molecular weight is 615 g/mol. The van der Waals surface area contributed by atoms with E-state index >= 15 is 0 Å². The maximum atomic E-state index is 2.50. The van der Waals surface area contributed by atoms with Crippen LogP contribution >= 0.6 is 0 Å². The summed E-state index contributed by atoms with van der Waals surface area (Å²) >= 11 is 0. The van der Waals surface area contributed by atoms with E-state index in [1.54, 1.807) is 0 Å². The third-order valence-electron chi connectivity index (χ3n) is 10.3. The molecule has 0 bridgehead atoms. The zero-order valence-corrected chi connectivity index (χ0v) is 27.7. The summed E-state index contributed by atoms with van der Waals surface area (Å²) in [5.74, 6) is 0. The fraction of sp³-hybridized carbons (Fsp3) is 0.0435. The van der Waals surface area contributed by atoms with Crippen LogP contribution in [0.2, 0.25) is 13.1 Å². The van der Waals surface area contributed by atoms with Gasteiger partial charge in [0.1, 0.15) is 8.07 Å². The zero-order chi connectivity index (χ0) is 31.5. The lowest BCUT2D eigenvalue weighted by Gasteiger charge is -2.26. The van der Waals surface area contributed by atoms with E-state index in [4.69, 9.17) is 0 Å². The van der Waals surface area contributed by atoms with Gasteiger partial charge in [-0.15, -0.1) is 0 Å². The molecular weight excluding hydrogens is 581 g/mol. The van der Waals surface area contributed by atoms with Gasteiger partial charge >= 0.3 is 0 Å². The van der Waals surface area contributed by atoms with Crippen molar-refractivity contribution in [2.45, 2.75) is 13.1 Å². The van der Waals surface area contributed by atoms with Crippen LogP contribution in [-0.2, 0) is 0 Å². The molecule has 9 aromatic carbocycles. The first-order valence-electron chi connectivity index (χ1n) is 16.5. The van der Waals surface area contributed by atoms with Gasteiger partial charge in [0.25, 0.3) is 0 Å². The van der Waals surface area contributed by atoms with Crippen molar-refractivity contribution >= 4 is 72.3 Å². The van der Waals surface area contributed by atoms with Crippen LogP contribution in [0.3, 0.4) is 0 Å². The molecule has 0 aromatic heterocycles. The third-order valence-corrected chi connectivity index (χ3v) is 13.9. The lowest BCUT2D eigenvalue weighted by molar-refractivity contribution is 1.65. The molecule has 0 aliphatic heterocycles. The fourth-order valence-electron chi connectivity index (χ4n) is 7.97. The lowest BCUT2D eigenvalue weighted by atomic mass is 9.86. The highest BCUT2D eigenvalue weighted by Gasteiger charge is 2.28. The van der Waals surface area contributed by atoms with Crippen LogP contribution in [0.25, 0.3) is 76.1 Å². The fourth-order valence-corrected chi connectivity index (χ4v) is 10.7. The molecule has 1 heteroatoms. The van der Waals surface area contributed by atoms with Gasteiger partial charge in [0.2, 0.25) is 0 Å². The van der Waals surface area contributed by atoms with Crippen molar-refractivity contribution in [2.24, 2.45) is 0 Å². The first-order valence-corrected chi connectivity index (χ1v) is 19.5. The Bertz CT molecular complexity index is 2570. The highest BCUT2D eigenvalue weighted by Crippen LogP contribution is 2.43. The van der Waals surface area contributed by atoms with E-state index in [1.807, 2.05) is 0 Å². The minimum Gasteiger partial charge on any atom is -0.0622 e.